The zero-order valence-corrected chi connectivity index (χ0v) is 8.63. The summed E-state index contributed by atoms with van der Waals surface area (Å²) < 4.78 is 0. The quantitative estimate of drug-likeness (QED) is 0.669. The number of nitrogens with zero attached hydrogens (tertiary/aromatic N) is 2. The number of rotatable bonds is 3. The first-order valence-corrected chi connectivity index (χ1v) is 7.45. The van der Waals surface area contributed by atoms with E-state index in [0.717, 1.165) is 5.75 Å². The van der Waals surface area contributed by atoms with Crippen LogP contribution in [0.2, 0.25) is 0 Å². The van der Waals surface area contributed by atoms with Crippen molar-refractivity contribution in [3.63, 3.8) is 0 Å². The molecule has 0 amide bonds. The van der Waals surface area contributed by atoms with Crippen molar-refractivity contribution in [2.24, 2.45) is 10.3 Å². The number of hydrazine groups is 1. The van der Waals surface area contributed by atoms with Crippen molar-refractivity contribution < 1.29 is 0 Å². The predicted octanol–water partition coefficient (Wildman–Crippen LogP) is 1.48. The first-order chi connectivity index (χ1) is 5.23. The first-order valence-electron chi connectivity index (χ1n) is 3.44. The zero-order valence-electron chi connectivity index (χ0n) is 7.00. The van der Waals surface area contributed by atoms with Gasteiger partial charge in [-0.05, 0) is 18.3 Å². The molecule has 66 valence electrons. The maximum atomic E-state index is 4.07. The second kappa shape index (κ2) is 3.64. The molecular formula is C5H14N4S2. The number of nitrogens with one attached hydrogen (secondary N) is 2. The van der Waals surface area contributed by atoms with Gasteiger partial charge in [0.05, 0.1) is 0 Å². The van der Waals surface area contributed by atoms with Crippen LogP contribution in [0.3, 0.4) is 0 Å². The van der Waals surface area contributed by atoms with Crippen LogP contribution in [-0.4, -0.2) is 23.8 Å². The smallest absolute Gasteiger partial charge is 0.180 e. The van der Waals surface area contributed by atoms with Crippen LogP contribution >= 0.6 is 19.9 Å². The van der Waals surface area contributed by atoms with Crippen molar-refractivity contribution in [3.05, 3.63) is 0 Å². The van der Waals surface area contributed by atoms with Gasteiger partial charge in [0.15, 0.2) is 5.50 Å². The third-order valence-corrected chi connectivity index (χ3v) is 8.43. The second-order valence-electron chi connectivity index (χ2n) is 2.35. The average Bonchev–Trinajstić information content (AvgIpc) is 2.55. The van der Waals surface area contributed by atoms with Crippen LogP contribution in [0.1, 0.15) is 6.92 Å². The van der Waals surface area contributed by atoms with E-state index in [1.54, 1.807) is 0 Å². The molecule has 0 spiro atoms. The van der Waals surface area contributed by atoms with E-state index in [2.05, 4.69) is 40.7 Å². The van der Waals surface area contributed by atoms with Gasteiger partial charge in [0.1, 0.15) is 0 Å². The van der Waals surface area contributed by atoms with E-state index in [1.807, 2.05) is 10.8 Å². The molecule has 6 heteroatoms. The van der Waals surface area contributed by atoms with Crippen molar-refractivity contribution in [1.29, 1.82) is 0 Å². The highest BCUT2D eigenvalue weighted by atomic mass is 33.2. The van der Waals surface area contributed by atoms with Gasteiger partial charge in [-0.15, -0.1) is 15.9 Å². The molecule has 0 aromatic rings. The summed E-state index contributed by atoms with van der Waals surface area (Å²) >= 11 is 0. The molecule has 0 bridgehead atoms. The number of hydrogen-bond donors (Lipinski definition) is 2. The second-order valence-corrected chi connectivity index (χ2v) is 9.14. The summed E-state index contributed by atoms with van der Waals surface area (Å²) in [5.74, 6) is 1.16. The molecule has 2 unspecified atom stereocenters. The largest absolute Gasteiger partial charge is 0.222 e. The van der Waals surface area contributed by atoms with E-state index >= 15 is 0 Å². The van der Waals surface area contributed by atoms with Crippen molar-refractivity contribution in [2.45, 2.75) is 12.4 Å². The summed E-state index contributed by atoms with van der Waals surface area (Å²) in [6.45, 7) is 2.20. The summed E-state index contributed by atoms with van der Waals surface area (Å²) in [7, 11) is 1.19. The van der Waals surface area contributed by atoms with Crippen LogP contribution in [0.15, 0.2) is 10.3 Å². The Morgan fingerprint density at radius 1 is 1.64 bits per heavy atom. The molecule has 1 rings (SSSR count). The van der Waals surface area contributed by atoms with E-state index in [9.17, 15) is 0 Å². The average molecular weight is 194 g/mol. The topological polar surface area (TPSA) is 48.8 Å². The van der Waals surface area contributed by atoms with Gasteiger partial charge in [0.2, 0.25) is 0 Å². The van der Waals surface area contributed by atoms with Crippen LogP contribution in [0.4, 0.5) is 0 Å². The summed E-state index contributed by atoms with van der Waals surface area (Å²) in [4.78, 5) is 0. The molecular weight excluding hydrogens is 180 g/mol. The Morgan fingerprint density at radius 2 is 2.36 bits per heavy atom. The Morgan fingerprint density at radius 3 is 2.73 bits per heavy atom. The lowest BCUT2D eigenvalue weighted by Crippen LogP contribution is -2.33. The van der Waals surface area contributed by atoms with Crippen LogP contribution in [0.5, 0.6) is 0 Å². The van der Waals surface area contributed by atoms with Gasteiger partial charge >= 0.3 is 0 Å². The molecule has 1 aliphatic heterocycles. The molecule has 0 aliphatic carbocycles. The van der Waals surface area contributed by atoms with Crippen molar-refractivity contribution in [3.8, 4) is 0 Å². The van der Waals surface area contributed by atoms with Gasteiger partial charge in [-0.2, -0.15) is 14.5 Å². The van der Waals surface area contributed by atoms with Crippen LogP contribution < -0.4 is 11.0 Å². The molecule has 2 atom stereocenters. The van der Waals surface area contributed by atoms with E-state index < -0.39 is 9.06 Å². The SMILES string of the molecule is CCS(C)(SC)C1N=NNN1. The fourth-order valence-corrected chi connectivity index (χ4v) is 3.58. The van der Waals surface area contributed by atoms with Gasteiger partial charge in [0, 0.05) is 0 Å². The summed E-state index contributed by atoms with van der Waals surface area (Å²) in [5.41, 5.74) is 5.88. The van der Waals surface area contributed by atoms with Crippen molar-refractivity contribution in [2.75, 3.05) is 18.3 Å². The van der Waals surface area contributed by atoms with Crippen molar-refractivity contribution >= 4 is 19.9 Å². The zero-order chi connectivity index (χ0) is 8.32. The molecule has 0 saturated heterocycles. The normalized spacial score (nSPS) is 31.0. The Balaban J connectivity index is 2.60. The highest BCUT2D eigenvalue weighted by Gasteiger charge is 2.28. The molecule has 0 aromatic heterocycles. The molecule has 11 heavy (non-hydrogen) atoms. The van der Waals surface area contributed by atoms with E-state index in [0.29, 0.717) is 0 Å². The summed E-state index contributed by atoms with van der Waals surface area (Å²) in [6, 6.07) is 0. The number of hydrogen-bond acceptors (Lipinski definition) is 5. The lowest BCUT2D eigenvalue weighted by molar-refractivity contribution is 0.628. The monoisotopic (exact) mass is 194 g/mol. The minimum atomic E-state index is -0.711. The molecule has 1 heterocycles. The molecule has 2 N–H and O–H groups in total. The highest BCUT2D eigenvalue weighted by Crippen LogP contribution is 2.58. The van der Waals surface area contributed by atoms with Crippen LogP contribution in [-0.2, 0) is 0 Å². The standard InChI is InChI=1S/C5H14N4S2/c1-4-11(3,10-2)5-6-8-9-7-5/h5H,4H2,1-3H3,(H,6,9)(H,7,8). The Hall–Kier alpha value is 0.0600. The van der Waals surface area contributed by atoms with Gasteiger partial charge < -0.3 is 0 Å². The Bertz CT molecular complexity index is 157. The van der Waals surface area contributed by atoms with Gasteiger partial charge in [-0.1, -0.05) is 12.1 Å². The molecule has 0 aromatic carbocycles. The maximum absolute atomic E-state index is 4.07. The fraction of sp³-hybridized carbons (Fsp3) is 1.00. The third kappa shape index (κ3) is 1.80. The highest BCUT2D eigenvalue weighted by molar-refractivity contribution is 8.94. The lowest BCUT2D eigenvalue weighted by atomic mass is 11.0. The maximum Gasteiger partial charge on any atom is 0.180 e. The van der Waals surface area contributed by atoms with E-state index in [1.165, 1.54) is 0 Å². The fourth-order valence-electron chi connectivity index (χ4n) is 0.785. The van der Waals surface area contributed by atoms with Gasteiger partial charge in [-0.25, -0.2) is 5.53 Å². The third-order valence-electron chi connectivity index (χ3n) is 1.83. The Labute approximate surface area is 72.3 Å². The van der Waals surface area contributed by atoms with E-state index in [4.69, 9.17) is 0 Å². The first kappa shape index (κ1) is 9.15. The Kier molecular flexibility index (Phi) is 3.03. The molecule has 1 aliphatic rings. The van der Waals surface area contributed by atoms with Crippen LogP contribution in [0, 0.1) is 0 Å². The predicted molar refractivity (Wildman–Crippen MR) is 52.5 cm³/mol. The minimum absolute atomic E-state index is 0.183. The lowest BCUT2D eigenvalue weighted by Gasteiger charge is -2.34. The molecule has 0 radical (unpaired) electrons. The van der Waals surface area contributed by atoms with Crippen LogP contribution in [0.25, 0.3) is 0 Å². The van der Waals surface area contributed by atoms with E-state index in [-0.39, 0.29) is 5.50 Å². The summed E-state index contributed by atoms with van der Waals surface area (Å²) in [6.07, 6.45) is 4.40. The van der Waals surface area contributed by atoms with Gasteiger partial charge in [-0.3, -0.25) is 0 Å². The molecule has 0 saturated carbocycles. The summed E-state index contributed by atoms with van der Waals surface area (Å²) in [5, 5.41) is 7.77. The minimum Gasteiger partial charge on any atom is -0.222 e. The molecule has 4 nitrogen and oxygen atoms in total. The van der Waals surface area contributed by atoms with Gasteiger partial charge in [0.25, 0.3) is 0 Å². The molecule has 0 fully saturated rings. The van der Waals surface area contributed by atoms with Crippen molar-refractivity contribution in [1.82, 2.24) is 11.0 Å².